The molecule has 4 heterocycles. The average molecular weight is 604 g/mol. The van der Waals surface area contributed by atoms with Gasteiger partial charge in [0, 0.05) is 33.7 Å². The van der Waals surface area contributed by atoms with Crippen LogP contribution in [0, 0.1) is 0 Å². The maximum Gasteiger partial charge on any atom is 0.228 e. The van der Waals surface area contributed by atoms with Crippen molar-refractivity contribution in [3.63, 3.8) is 0 Å². The van der Waals surface area contributed by atoms with Crippen LogP contribution in [0.25, 0.3) is 89.5 Å². The average Bonchev–Trinajstić information content (AvgIpc) is 3.52. The van der Waals surface area contributed by atoms with Gasteiger partial charge >= 0.3 is 0 Å². The van der Waals surface area contributed by atoms with Crippen molar-refractivity contribution < 1.29 is 4.42 Å². The minimum absolute atomic E-state index is 0.516. The highest BCUT2D eigenvalue weighted by atomic mass is 16.3. The fourth-order valence-electron chi connectivity index (χ4n) is 6.19. The Morgan fingerprint density at radius 1 is 0.426 bits per heavy atom. The van der Waals surface area contributed by atoms with Gasteiger partial charge in [-0.1, -0.05) is 115 Å². The predicted octanol–water partition coefficient (Wildman–Crippen LogP) is 10.0. The van der Waals surface area contributed by atoms with Crippen LogP contribution >= 0.6 is 0 Å². The first-order valence-electron chi connectivity index (χ1n) is 15.4. The molecule has 5 aromatic carbocycles. The minimum Gasteiger partial charge on any atom is -0.438 e. The van der Waals surface area contributed by atoms with Crippen LogP contribution in [0.4, 0.5) is 0 Å². The summed E-state index contributed by atoms with van der Waals surface area (Å²) in [6, 6.07) is 48.9. The number of nitrogens with zero attached hydrogens (tertiary/aromatic N) is 5. The summed E-state index contributed by atoms with van der Waals surface area (Å²) in [6.07, 6.45) is 1.81. The van der Waals surface area contributed by atoms with Gasteiger partial charge in [-0.2, -0.15) is 0 Å². The van der Waals surface area contributed by atoms with Crippen LogP contribution in [0.3, 0.4) is 0 Å². The smallest absolute Gasteiger partial charge is 0.228 e. The fourth-order valence-corrected chi connectivity index (χ4v) is 6.19. The summed E-state index contributed by atoms with van der Waals surface area (Å²) in [5, 5.41) is 3.13. The molecule has 0 aliphatic rings. The summed E-state index contributed by atoms with van der Waals surface area (Å²) in [7, 11) is 0. The molecule has 220 valence electrons. The fraction of sp³-hybridized carbons (Fsp3) is 0. The Hall–Kier alpha value is -6.53. The van der Waals surface area contributed by atoms with E-state index in [1.165, 1.54) is 0 Å². The Bertz CT molecular complexity index is 2520. The van der Waals surface area contributed by atoms with Crippen molar-refractivity contribution in [2.24, 2.45) is 0 Å². The van der Waals surface area contributed by atoms with Gasteiger partial charge in [0.1, 0.15) is 11.3 Å². The van der Waals surface area contributed by atoms with Gasteiger partial charge < -0.3 is 4.42 Å². The van der Waals surface area contributed by atoms with E-state index < -0.39 is 0 Å². The molecule has 0 aliphatic carbocycles. The van der Waals surface area contributed by atoms with Crippen molar-refractivity contribution in [3.05, 3.63) is 152 Å². The molecule has 6 nitrogen and oxygen atoms in total. The molecular weight excluding hydrogens is 578 g/mol. The SMILES string of the molecule is c1ccc(-c2nc(-c3ccccc3)nc(-c3cc(-c4cccc(-c5c6ccccc6nc6oc7ccccc7c56)c4)ccn3)n2)cc1. The van der Waals surface area contributed by atoms with Gasteiger partial charge in [0.15, 0.2) is 17.5 Å². The van der Waals surface area contributed by atoms with Crippen molar-refractivity contribution >= 4 is 33.0 Å². The zero-order chi connectivity index (χ0) is 31.2. The Labute approximate surface area is 270 Å². The molecule has 0 saturated heterocycles. The summed E-state index contributed by atoms with van der Waals surface area (Å²) in [5.74, 6) is 1.72. The second-order valence-electron chi connectivity index (χ2n) is 11.3. The molecular formula is C41H25N5O. The second-order valence-corrected chi connectivity index (χ2v) is 11.3. The lowest BCUT2D eigenvalue weighted by molar-refractivity contribution is 0.656. The van der Waals surface area contributed by atoms with E-state index in [0.717, 1.165) is 60.6 Å². The van der Waals surface area contributed by atoms with E-state index >= 15 is 0 Å². The standard InChI is InChI=1S/C41H25N5O/c1-3-12-26(13-4-1)38-44-39(27-14-5-2-6-15-27)46-40(45-38)34-25-29(22-23-42-34)28-16-11-17-30(24-28)36-31-18-7-9-20-33(31)43-41-37(36)32-19-8-10-21-35(32)47-41/h1-25H. The van der Waals surface area contributed by atoms with Gasteiger partial charge in [-0.15, -0.1) is 0 Å². The second kappa shape index (κ2) is 11.1. The highest BCUT2D eigenvalue weighted by Gasteiger charge is 2.19. The zero-order valence-electron chi connectivity index (χ0n) is 25.1. The molecule has 0 N–H and O–H groups in total. The summed E-state index contributed by atoms with van der Waals surface area (Å²) >= 11 is 0. The maximum absolute atomic E-state index is 6.25. The highest BCUT2D eigenvalue weighted by molar-refractivity contribution is 6.18. The van der Waals surface area contributed by atoms with Crippen molar-refractivity contribution in [2.75, 3.05) is 0 Å². The lowest BCUT2D eigenvalue weighted by atomic mass is 9.94. The Balaban J connectivity index is 1.20. The molecule has 4 aromatic heterocycles. The molecule has 0 bridgehead atoms. The number of furan rings is 1. The number of hydrogen-bond acceptors (Lipinski definition) is 6. The lowest BCUT2D eigenvalue weighted by Crippen LogP contribution is -2.01. The number of para-hydroxylation sites is 2. The van der Waals surface area contributed by atoms with Crippen LogP contribution < -0.4 is 0 Å². The normalized spacial score (nSPS) is 11.4. The Kier molecular flexibility index (Phi) is 6.35. The lowest BCUT2D eigenvalue weighted by Gasteiger charge is -2.11. The van der Waals surface area contributed by atoms with Crippen molar-refractivity contribution in [2.45, 2.75) is 0 Å². The number of rotatable bonds is 5. The van der Waals surface area contributed by atoms with Gasteiger partial charge in [0.2, 0.25) is 5.71 Å². The minimum atomic E-state index is 0.516. The van der Waals surface area contributed by atoms with Crippen LogP contribution in [0.2, 0.25) is 0 Å². The number of fused-ring (bicyclic) bond motifs is 4. The van der Waals surface area contributed by atoms with E-state index in [-0.39, 0.29) is 0 Å². The molecule has 0 unspecified atom stereocenters. The van der Waals surface area contributed by atoms with Crippen molar-refractivity contribution in [1.29, 1.82) is 0 Å². The molecule has 0 atom stereocenters. The summed E-state index contributed by atoms with van der Waals surface area (Å²) in [4.78, 5) is 24.2. The Morgan fingerprint density at radius 2 is 1.02 bits per heavy atom. The van der Waals surface area contributed by atoms with E-state index in [4.69, 9.17) is 29.3 Å². The van der Waals surface area contributed by atoms with Crippen LogP contribution in [-0.4, -0.2) is 24.9 Å². The first kappa shape index (κ1) is 26.8. The zero-order valence-corrected chi connectivity index (χ0v) is 25.1. The van der Waals surface area contributed by atoms with Gasteiger partial charge in [0.25, 0.3) is 0 Å². The molecule has 0 saturated carbocycles. The topological polar surface area (TPSA) is 77.6 Å². The van der Waals surface area contributed by atoms with E-state index in [0.29, 0.717) is 28.9 Å². The molecule has 0 spiro atoms. The van der Waals surface area contributed by atoms with Crippen LogP contribution in [0.1, 0.15) is 0 Å². The van der Waals surface area contributed by atoms with Gasteiger partial charge in [-0.25, -0.2) is 19.9 Å². The van der Waals surface area contributed by atoms with Gasteiger partial charge in [-0.05, 0) is 47.0 Å². The Morgan fingerprint density at radius 3 is 1.79 bits per heavy atom. The van der Waals surface area contributed by atoms with Crippen LogP contribution in [-0.2, 0) is 0 Å². The van der Waals surface area contributed by atoms with E-state index in [1.807, 2.05) is 109 Å². The molecule has 0 amide bonds. The van der Waals surface area contributed by atoms with E-state index in [2.05, 4.69) is 42.5 Å². The van der Waals surface area contributed by atoms with Crippen molar-refractivity contribution in [3.8, 4) is 56.5 Å². The number of hydrogen-bond donors (Lipinski definition) is 0. The van der Waals surface area contributed by atoms with Gasteiger partial charge in [0.05, 0.1) is 10.9 Å². The van der Waals surface area contributed by atoms with Crippen LogP contribution in [0.5, 0.6) is 0 Å². The van der Waals surface area contributed by atoms with E-state index in [1.54, 1.807) is 0 Å². The third-order valence-corrected chi connectivity index (χ3v) is 8.40. The first-order chi connectivity index (χ1) is 23.3. The maximum atomic E-state index is 6.25. The molecule has 9 aromatic rings. The molecule has 6 heteroatoms. The molecule has 0 radical (unpaired) electrons. The summed E-state index contributed by atoms with van der Waals surface area (Å²) in [6.45, 7) is 0. The van der Waals surface area contributed by atoms with Gasteiger partial charge in [-0.3, -0.25) is 4.98 Å². The molecule has 9 rings (SSSR count). The molecule has 47 heavy (non-hydrogen) atoms. The largest absolute Gasteiger partial charge is 0.438 e. The van der Waals surface area contributed by atoms with Crippen LogP contribution in [0.15, 0.2) is 156 Å². The highest BCUT2D eigenvalue weighted by Crippen LogP contribution is 2.41. The van der Waals surface area contributed by atoms with Crippen molar-refractivity contribution in [1.82, 2.24) is 24.9 Å². The third kappa shape index (κ3) is 4.80. The number of benzene rings is 5. The monoisotopic (exact) mass is 603 g/mol. The predicted molar refractivity (Wildman–Crippen MR) is 187 cm³/mol. The number of aromatic nitrogens is 5. The summed E-state index contributed by atoms with van der Waals surface area (Å²) in [5.41, 5.74) is 9.09. The molecule has 0 fully saturated rings. The summed E-state index contributed by atoms with van der Waals surface area (Å²) < 4.78 is 6.25. The third-order valence-electron chi connectivity index (χ3n) is 8.40. The van der Waals surface area contributed by atoms with E-state index in [9.17, 15) is 0 Å². The first-order valence-corrected chi connectivity index (χ1v) is 15.4. The number of pyridine rings is 2. The molecule has 0 aliphatic heterocycles. The quantitative estimate of drug-likeness (QED) is 0.195.